The summed E-state index contributed by atoms with van der Waals surface area (Å²) >= 11 is 0. The molecule has 0 saturated carbocycles. The quantitative estimate of drug-likeness (QED) is 0.548. The Balaban J connectivity index is 1.43. The van der Waals surface area contributed by atoms with Crippen LogP contribution in [0.3, 0.4) is 0 Å². The van der Waals surface area contributed by atoms with Gasteiger partial charge in [0.15, 0.2) is 11.5 Å². The van der Waals surface area contributed by atoms with Crippen molar-refractivity contribution in [3.8, 4) is 17.4 Å². The molecule has 11 heteroatoms. The number of ether oxygens (including phenoxy) is 3. The molecule has 3 heterocycles. The van der Waals surface area contributed by atoms with Gasteiger partial charge in [-0.15, -0.1) is 0 Å². The molecule has 0 fully saturated rings. The molecule has 0 radical (unpaired) electrons. The van der Waals surface area contributed by atoms with E-state index in [0.29, 0.717) is 23.1 Å². The number of carbonyl (C=O) groups excluding carboxylic acids is 2. The molecule has 1 N–H and O–H groups in total. The van der Waals surface area contributed by atoms with Gasteiger partial charge in [-0.2, -0.15) is 0 Å². The first kappa shape index (κ1) is 24.0. The Bertz CT molecular complexity index is 1210. The van der Waals surface area contributed by atoms with E-state index in [1.54, 1.807) is 62.3 Å². The maximum atomic E-state index is 12.9. The van der Waals surface area contributed by atoms with Crippen LogP contribution < -0.4 is 14.8 Å². The van der Waals surface area contributed by atoms with Crippen LogP contribution in [0.25, 0.3) is 5.95 Å². The SMILES string of the molecule is Cc1cc(CNC(=O)CN(Cc2ccc3c(c2)OCO3)C(=O)OC(C)(C)C)nc(-n2ccnc2)n1. The number of benzene rings is 1. The summed E-state index contributed by atoms with van der Waals surface area (Å²) in [6.07, 6.45) is 4.39. The highest BCUT2D eigenvalue weighted by Crippen LogP contribution is 2.32. The van der Waals surface area contributed by atoms with E-state index in [1.807, 2.05) is 13.0 Å². The molecule has 0 aliphatic carbocycles. The van der Waals surface area contributed by atoms with Crippen LogP contribution in [0.4, 0.5) is 4.79 Å². The van der Waals surface area contributed by atoms with Crippen LogP contribution in [0.1, 0.15) is 37.7 Å². The smallest absolute Gasteiger partial charge is 0.411 e. The summed E-state index contributed by atoms with van der Waals surface area (Å²) in [6, 6.07) is 7.18. The van der Waals surface area contributed by atoms with Gasteiger partial charge in [-0.3, -0.25) is 14.3 Å². The van der Waals surface area contributed by atoms with Crippen molar-refractivity contribution in [3.05, 3.63) is 59.9 Å². The Morgan fingerprint density at radius 3 is 2.71 bits per heavy atom. The van der Waals surface area contributed by atoms with Gasteiger partial charge in [-0.25, -0.2) is 19.7 Å². The van der Waals surface area contributed by atoms with Crippen molar-refractivity contribution in [2.75, 3.05) is 13.3 Å². The van der Waals surface area contributed by atoms with Gasteiger partial charge in [0, 0.05) is 24.6 Å². The number of aryl methyl sites for hydroxylation is 1. The minimum atomic E-state index is -0.705. The third-order valence-corrected chi connectivity index (χ3v) is 4.89. The van der Waals surface area contributed by atoms with E-state index in [9.17, 15) is 9.59 Å². The molecule has 3 aromatic rings. The number of hydrogen-bond donors (Lipinski definition) is 1. The average molecular weight is 481 g/mol. The van der Waals surface area contributed by atoms with Crippen molar-refractivity contribution < 1.29 is 23.8 Å². The summed E-state index contributed by atoms with van der Waals surface area (Å²) in [4.78, 5) is 39.9. The Kier molecular flexibility index (Phi) is 6.85. The molecule has 0 spiro atoms. The number of hydrogen-bond acceptors (Lipinski definition) is 8. The molecule has 0 saturated heterocycles. The van der Waals surface area contributed by atoms with Crippen molar-refractivity contribution >= 4 is 12.0 Å². The van der Waals surface area contributed by atoms with Gasteiger partial charge < -0.3 is 19.5 Å². The second-order valence-corrected chi connectivity index (χ2v) is 9.07. The molecule has 1 aliphatic heterocycles. The second kappa shape index (κ2) is 10.00. The van der Waals surface area contributed by atoms with Crippen molar-refractivity contribution in [2.24, 2.45) is 0 Å². The van der Waals surface area contributed by atoms with Gasteiger partial charge in [0.1, 0.15) is 18.5 Å². The maximum absolute atomic E-state index is 12.9. The van der Waals surface area contributed by atoms with Crippen LogP contribution in [0.5, 0.6) is 11.5 Å². The third-order valence-electron chi connectivity index (χ3n) is 4.89. The van der Waals surface area contributed by atoms with Gasteiger partial charge in [0.05, 0.1) is 12.2 Å². The highest BCUT2D eigenvalue weighted by Gasteiger charge is 2.25. The lowest BCUT2D eigenvalue weighted by molar-refractivity contribution is -0.122. The predicted molar refractivity (Wildman–Crippen MR) is 125 cm³/mol. The highest BCUT2D eigenvalue weighted by molar-refractivity contribution is 5.82. The first-order chi connectivity index (χ1) is 16.7. The summed E-state index contributed by atoms with van der Waals surface area (Å²) in [5, 5.41) is 2.83. The molecule has 2 aromatic heterocycles. The first-order valence-corrected chi connectivity index (χ1v) is 11.1. The average Bonchev–Trinajstić information content (AvgIpc) is 3.47. The molecule has 1 aliphatic rings. The van der Waals surface area contributed by atoms with E-state index in [4.69, 9.17) is 14.2 Å². The number of nitrogens with zero attached hydrogens (tertiary/aromatic N) is 5. The first-order valence-electron chi connectivity index (χ1n) is 11.1. The summed E-state index contributed by atoms with van der Waals surface area (Å²) < 4.78 is 18.0. The lowest BCUT2D eigenvalue weighted by Crippen LogP contribution is -2.42. The predicted octanol–water partition coefficient (Wildman–Crippen LogP) is 2.75. The molecule has 0 unspecified atom stereocenters. The van der Waals surface area contributed by atoms with Crippen molar-refractivity contribution in [3.63, 3.8) is 0 Å². The molecule has 35 heavy (non-hydrogen) atoms. The lowest BCUT2D eigenvalue weighted by Gasteiger charge is -2.27. The molecule has 4 rings (SSSR count). The summed E-state index contributed by atoms with van der Waals surface area (Å²) in [5.74, 6) is 1.36. The normalized spacial score (nSPS) is 12.3. The molecule has 2 amide bonds. The Morgan fingerprint density at radius 2 is 1.97 bits per heavy atom. The van der Waals surface area contributed by atoms with Gasteiger partial charge in [-0.05, 0) is 51.5 Å². The molecule has 0 bridgehead atoms. The maximum Gasteiger partial charge on any atom is 0.411 e. The van der Waals surface area contributed by atoms with E-state index in [-0.39, 0.29) is 32.3 Å². The number of rotatable bonds is 7. The highest BCUT2D eigenvalue weighted by atomic mass is 16.7. The number of fused-ring (bicyclic) bond motifs is 1. The fourth-order valence-electron chi connectivity index (χ4n) is 3.39. The van der Waals surface area contributed by atoms with E-state index in [1.165, 1.54) is 4.90 Å². The topological polar surface area (TPSA) is 121 Å². The Morgan fingerprint density at radius 1 is 1.17 bits per heavy atom. The van der Waals surface area contributed by atoms with Crippen molar-refractivity contribution in [1.82, 2.24) is 29.7 Å². The van der Waals surface area contributed by atoms with E-state index >= 15 is 0 Å². The number of nitrogens with one attached hydrogen (secondary N) is 1. The fraction of sp³-hybridized carbons (Fsp3) is 0.375. The minimum Gasteiger partial charge on any atom is -0.454 e. The molecule has 0 atom stereocenters. The molecular weight excluding hydrogens is 452 g/mol. The number of imidazole rings is 1. The number of carbonyl (C=O) groups is 2. The summed E-state index contributed by atoms with van der Waals surface area (Å²) in [7, 11) is 0. The molecule has 11 nitrogen and oxygen atoms in total. The van der Waals surface area contributed by atoms with Crippen molar-refractivity contribution in [2.45, 2.75) is 46.4 Å². The van der Waals surface area contributed by atoms with Gasteiger partial charge in [0.2, 0.25) is 18.6 Å². The Hall–Kier alpha value is -4.15. The lowest BCUT2D eigenvalue weighted by atomic mass is 10.2. The van der Waals surface area contributed by atoms with E-state index in [0.717, 1.165) is 11.3 Å². The number of amides is 2. The largest absolute Gasteiger partial charge is 0.454 e. The minimum absolute atomic E-state index is 0.155. The van der Waals surface area contributed by atoms with E-state index < -0.39 is 11.7 Å². The monoisotopic (exact) mass is 480 g/mol. The standard InChI is InChI=1S/C24H28N6O5/c1-16-9-18(28-22(27-16)29-8-7-25-14-29)11-26-21(31)13-30(23(32)35-24(2,3)4)12-17-5-6-19-20(10-17)34-15-33-19/h5-10,14H,11-13,15H2,1-4H3,(H,26,31). The van der Waals surface area contributed by atoms with Crippen LogP contribution in [0, 0.1) is 6.92 Å². The third kappa shape index (κ3) is 6.46. The van der Waals surface area contributed by atoms with E-state index in [2.05, 4.69) is 20.3 Å². The van der Waals surface area contributed by atoms with Crippen molar-refractivity contribution in [1.29, 1.82) is 0 Å². The van der Waals surface area contributed by atoms with Gasteiger partial charge >= 0.3 is 6.09 Å². The van der Waals surface area contributed by atoms with Gasteiger partial charge in [0.25, 0.3) is 0 Å². The zero-order valence-corrected chi connectivity index (χ0v) is 20.1. The zero-order valence-electron chi connectivity index (χ0n) is 20.1. The van der Waals surface area contributed by atoms with Gasteiger partial charge in [-0.1, -0.05) is 6.07 Å². The second-order valence-electron chi connectivity index (χ2n) is 9.07. The molecular formula is C24H28N6O5. The van der Waals surface area contributed by atoms with Crippen LogP contribution >= 0.6 is 0 Å². The zero-order chi connectivity index (χ0) is 25.0. The summed E-state index contributed by atoms with van der Waals surface area (Å²) in [6.45, 7) is 7.48. The van der Waals surface area contributed by atoms with Crippen LogP contribution in [0.15, 0.2) is 43.0 Å². The van der Waals surface area contributed by atoms with Crippen LogP contribution in [0.2, 0.25) is 0 Å². The van der Waals surface area contributed by atoms with Crippen LogP contribution in [-0.2, 0) is 22.6 Å². The molecule has 184 valence electrons. The number of aromatic nitrogens is 4. The Labute approximate surface area is 203 Å². The van der Waals surface area contributed by atoms with Crippen LogP contribution in [-0.4, -0.2) is 55.4 Å². The fourth-order valence-corrected chi connectivity index (χ4v) is 3.39. The summed E-state index contributed by atoms with van der Waals surface area (Å²) in [5.41, 5.74) is 1.47. The molecule has 1 aromatic carbocycles.